The number of likely N-dealkylation sites (N-methyl/N-ethyl adjacent to an activating group) is 1. The first kappa shape index (κ1) is 15.9. The molecule has 2 rings (SSSR count). The van der Waals surface area contributed by atoms with Gasteiger partial charge in [-0.2, -0.15) is 0 Å². The second-order valence-corrected chi connectivity index (χ2v) is 5.46. The molecular formula is C17H20ClFN2. The van der Waals surface area contributed by atoms with Gasteiger partial charge in [-0.15, -0.1) is 0 Å². The minimum atomic E-state index is -0.227. The van der Waals surface area contributed by atoms with E-state index in [0.29, 0.717) is 17.0 Å². The summed E-state index contributed by atoms with van der Waals surface area (Å²) in [5.74, 6) is -0.227. The Morgan fingerprint density at radius 1 is 1.24 bits per heavy atom. The monoisotopic (exact) mass is 306 g/mol. The summed E-state index contributed by atoms with van der Waals surface area (Å²) < 4.78 is 13.9. The van der Waals surface area contributed by atoms with Gasteiger partial charge in [0.1, 0.15) is 5.82 Å². The van der Waals surface area contributed by atoms with Gasteiger partial charge in [-0.25, -0.2) is 4.39 Å². The van der Waals surface area contributed by atoms with Crippen LogP contribution in [0.25, 0.3) is 0 Å². The summed E-state index contributed by atoms with van der Waals surface area (Å²) in [6.45, 7) is 2.91. The molecule has 1 heterocycles. The first-order chi connectivity index (χ1) is 10.2. The first-order valence-corrected chi connectivity index (χ1v) is 7.63. The third-order valence-electron chi connectivity index (χ3n) is 3.54. The maximum atomic E-state index is 13.9. The number of hydrogen-bond donors (Lipinski definition) is 1. The van der Waals surface area contributed by atoms with E-state index in [1.165, 1.54) is 11.6 Å². The molecule has 21 heavy (non-hydrogen) atoms. The van der Waals surface area contributed by atoms with E-state index < -0.39 is 0 Å². The number of benzene rings is 1. The largest absolute Gasteiger partial charge is 0.314 e. The van der Waals surface area contributed by atoms with Gasteiger partial charge in [-0.3, -0.25) is 4.98 Å². The molecule has 2 nitrogen and oxygen atoms in total. The first-order valence-electron chi connectivity index (χ1n) is 7.26. The molecule has 0 saturated heterocycles. The molecule has 4 heteroatoms. The molecule has 0 amide bonds. The summed E-state index contributed by atoms with van der Waals surface area (Å²) in [5, 5.41) is 3.92. The molecule has 1 aromatic carbocycles. The second kappa shape index (κ2) is 8.11. The standard InChI is InChI=1S/C17H20ClFN2/c1-2-21-14(7-6-13-8-10-20-11-9-13)12-15-16(18)4-3-5-17(15)19/h3-5,8-11,14,21H,2,6-7,12H2,1H3. The van der Waals surface area contributed by atoms with Gasteiger partial charge in [0.15, 0.2) is 0 Å². The molecule has 2 aromatic rings. The van der Waals surface area contributed by atoms with Crippen LogP contribution in [0.4, 0.5) is 4.39 Å². The van der Waals surface area contributed by atoms with Gasteiger partial charge in [-0.1, -0.05) is 24.6 Å². The van der Waals surface area contributed by atoms with Crippen molar-refractivity contribution in [3.63, 3.8) is 0 Å². The smallest absolute Gasteiger partial charge is 0.127 e. The molecular weight excluding hydrogens is 287 g/mol. The summed E-state index contributed by atoms with van der Waals surface area (Å²) in [6, 6.07) is 9.08. The predicted octanol–water partition coefficient (Wildman–Crippen LogP) is 4.03. The Morgan fingerprint density at radius 2 is 2.00 bits per heavy atom. The van der Waals surface area contributed by atoms with Crippen LogP contribution in [0.1, 0.15) is 24.5 Å². The molecule has 1 unspecified atom stereocenters. The third kappa shape index (κ3) is 4.80. The number of rotatable bonds is 7. The number of aryl methyl sites for hydroxylation is 1. The Balaban J connectivity index is 2.02. The maximum absolute atomic E-state index is 13.9. The van der Waals surface area contributed by atoms with E-state index in [1.807, 2.05) is 12.1 Å². The van der Waals surface area contributed by atoms with Crippen molar-refractivity contribution in [1.29, 1.82) is 0 Å². The highest BCUT2D eigenvalue weighted by Gasteiger charge is 2.14. The lowest BCUT2D eigenvalue weighted by Gasteiger charge is -2.19. The van der Waals surface area contributed by atoms with E-state index in [9.17, 15) is 4.39 Å². The molecule has 0 radical (unpaired) electrons. The van der Waals surface area contributed by atoms with Crippen molar-refractivity contribution >= 4 is 11.6 Å². The zero-order chi connectivity index (χ0) is 15.1. The third-order valence-corrected chi connectivity index (χ3v) is 3.89. The number of halogens is 2. The number of nitrogens with zero attached hydrogens (tertiary/aromatic N) is 1. The van der Waals surface area contributed by atoms with E-state index >= 15 is 0 Å². The normalized spacial score (nSPS) is 12.3. The van der Waals surface area contributed by atoms with Crippen molar-refractivity contribution in [1.82, 2.24) is 10.3 Å². The lowest BCUT2D eigenvalue weighted by Crippen LogP contribution is -2.32. The average Bonchev–Trinajstić information content (AvgIpc) is 2.49. The fourth-order valence-electron chi connectivity index (χ4n) is 2.43. The van der Waals surface area contributed by atoms with Crippen LogP contribution in [0, 0.1) is 5.82 Å². The SMILES string of the molecule is CCNC(CCc1ccncc1)Cc1c(F)cccc1Cl. The van der Waals surface area contributed by atoms with E-state index in [-0.39, 0.29) is 11.9 Å². The van der Waals surface area contributed by atoms with Crippen LogP contribution >= 0.6 is 11.6 Å². The summed E-state index contributed by atoms with van der Waals surface area (Å²) in [5.41, 5.74) is 1.84. The van der Waals surface area contributed by atoms with Crippen molar-refractivity contribution in [3.05, 3.63) is 64.7 Å². The summed E-state index contributed by atoms with van der Waals surface area (Å²) >= 11 is 6.11. The van der Waals surface area contributed by atoms with Crippen LogP contribution in [0.5, 0.6) is 0 Å². The minimum absolute atomic E-state index is 0.206. The van der Waals surface area contributed by atoms with E-state index in [0.717, 1.165) is 19.4 Å². The fourth-order valence-corrected chi connectivity index (χ4v) is 2.67. The maximum Gasteiger partial charge on any atom is 0.127 e. The van der Waals surface area contributed by atoms with Crippen molar-refractivity contribution in [2.75, 3.05) is 6.54 Å². The molecule has 1 atom stereocenters. The highest BCUT2D eigenvalue weighted by Crippen LogP contribution is 2.21. The van der Waals surface area contributed by atoms with Crippen LogP contribution in [0.15, 0.2) is 42.7 Å². The van der Waals surface area contributed by atoms with Gasteiger partial charge in [0.25, 0.3) is 0 Å². The second-order valence-electron chi connectivity index (χ2n) is 5.05. The lowest BCUT2D eigenvalue weighted by molar-refractivity contribution is 0.480. The van der Waals surface area contributed by atoms with Crippen LogP contribution in [-0.4, -0.2) is 17.6 Å². The predicted molar refractivity (Wildman–Crippen MR) is 85.1 cm³/mol. The van der Waals surface area contributed by atoms with Crippen molar-refractivity contribution in [3.8, 4) is 0 Å². The van der Waals surface area contributed by atoms with Gasteiger partial charge in [0.05, 0.1) is 0 Å². The molecule has 0 spiro atoms. The van der Waals surface area contributed by atoms with Crippen LogP contribution < -0.4 is 5.32 Å². The van der Waals surface area contributed by atoms with E-state index in [2.05, 4.69) is 17.2 Å². The van der Waals surface area contributed by atoms with Gasteiger partial charge in [0, 0.05) is 29.0 Å². The molecule has 0 aliphatic rings. The minimum Gasteiger partial charge on any atom is -0.314 e. The van der Waals surface area contributed by atoms with Crippen LogP contribution in [-0.2, 0) is 12.8 Å². The summed E-state index contributed by atoms with van der Waals surface area (Å²) in [4.78, 5) is 4.02. The van der Waals surface area contributed by atoms with Crippen molar-refractivity contribution < 1.29 is 4.39 Å². The number of hydrogen-bond acceptors (Lipinski definition) is 2. The highest BCUT2D eigenvalue weighted by atomic mass is 35.5. The average molecular weight is 307 g/mol. The van der Waals surface area contributed by atoms with E-state index in [4.69, 9.17) is 11.6 Å². The Morgan fingerprint density at radius 3 is 2.67 bits per heavy atom. The Labute approximate surface area is 130 Å². The number of nitrogens with one attached hydrogen (secondary N) is 1. The van der Waals surface area contributed by atoms with Crippen molar-refractivity contribution in [2.24, 2.45) is 0 Å². The van der Waals surface area contributed by atoms with Gasteiger partial charge < -0.3 is 5.32 Å². The fraction of sp³-hybridized carbons (Fsp3) is 0.353. The summed E-state index contributed by atoms with van der Waals surface area (Å²) in [6.07, 6.45) is 6.07. The van der Waals surface area contributed by atoms with Gasteiger partial charge >= 0.3 is 0 Å². The number of aromatic nitrogens is 1. The molecule has 0 bridgehead atoms. The Kier molecular flexibility index (Phi) is 6.15. The Hall–Kier alpha value is -1.45. The zero-order valence-corrected chi connectivity index (χ0v) is 12.9. The Bertz CT molecular complexity index is 540. The molecule has 112 valence electrons. The highest BCUT2D eigenvalue weighted by molar-refractivity contribution is 6.31. The summed E-state index contributed by atoms with van der Waals surface area (Å²) in [7, 11) is 0. The topological polar surface area (TPSA) is 24.9 Å². The molecule has 0 aliphatic carbocycles. The van der Waals surface area contributed by atoms with Crippen molar-refractivity contribution in [2.45, 2.75) is 32.2 Å². The van der Waals surface area contributed by atoms with Crippen LogP contribution in [0.2, 0.25) is 5.02 Å². The lowest BCUT2D eigenvalue weighted by atomic mass is 9.99. The molecule has 1 N–H and O–H groups in total. The van der Waals surface area contributed by atoms with Crippen LogP contribution in [0.3, 0.4) is 0 Å². The van der Waals surface area contributed by atoms with Gasteiger partial charge in [0.2, 0.25) is 0 Å². The number of pyridine rings is 1. The molecule has 0 saturated carbocycles. The molecule has 0 aliphatic heterocycles. The molecule has 1 aromatic heterocycles. The molecule has 0 fully saturated rings. The van der Waals surface area contributed by atoms with E-state index in [1.54, 1.807) is 24.5 Å². The van der Waals surface area contributed by atoms with Gasteiger partial charge in [-0.05, 0) is 55.6 Å². The quantitative estimate of drug-likeness (QED) is 0.835. The zero-order valence-electron chi connectivity index (χ0n) is 12.2.